The van der Waals surface area contributed by atoms with E-state index in [-0.39, 0.29) is 0 Å². The maximum absolute atomic E-state index is 12.4. The molecule has 0 N–H and O–H groups in total. The van der Waals surface area contributed by atoms with E-state index in [1.54, 1.807) is 24.5 Å². The molecule has 0 saturated carbocycles. The zero-order valence-corrected chi connectivity index (χ0v) is 9.39. The van der Waals surface area contributed by atoms with Crippen LogP contribution in [0.5, 0.6) is 5.75 Å². The van der Waals surface area contributed by atoms with Crippen LogP contribution in [0.3, 0.4) is 0 Å². The number of pyridine rings is 1. The van der Waals surface area contributed by atoms with Crippen molar-refractivity contribution in [1.82, 2.24) is 4.98 Å². The highest BCUT2D eigenvalue weighted by Gasteiger charge is 2.24. The van der Waals surface area contributed by atoms with Crippen LogP contribution >= 0.6 is 0 Å². The van der Waals surface area contributed by atoms with E-state index >= 15 is 0 Å². The summed E-state index contributed by atoms with van der Waals surface area (Å²) in [5, 5.41) is 0. The van der Waals surface area contributed by atoms with E-state index in [0.717, 1.165) is 17.7 Å². The Balaban J connectivity index is 1.99. The standard InChI is InChI=1S/C12H10BF3NO/c14-13(15,16)11-1-3-12(4-2-11)18-9-10-5-7-17-8-6-10/h1-8H,9H2/q-1. The van der Waals surface area contributed by atoms with Gasteiger partial charge in [-0.05, 0) is 29.8 Å². The number of aromatic nitrogens is 1. The average molecular weight is 252 g/mol. The Bertz CT molecular complexity index is 499. The van der Waals surface area contributed by atoms with Gasteiger partial charge in [0.2, 0.25) is 0 Å². The first-order chi connectivity index (χ1) is 8.55. The lowest BCUT2D eigenvalue weighted by molar-refractivity contribution is 0.306. The summed E-state index contributed by atoms with van der Waals surface area (Å²) >= 11 is 0. The predicted octanol–water partition coefficient (Wildman–Crippen LogP) is 2.72. The third kappa shape index (κ3) is 3.26. The van der Waals surface area contributed by atoms with E-state index < -0.39 is 12.4 Å². The van der Waals surface area contributed by atoms with Crippen LogP contribution in [0.4, 0.5) is 12.9 Å². The van der Waals surface area contributed by atoms with Gasteiger partial charge in [-0.25, -0.2) is 0 Å². The van der Waals surface area contributed by atoms with Gasteiger partial charge >= 0.3 is 6.98 Å². The van der Waals surface area contributed by atoms with Gasteiger partial charge in [-0.2, -0.15) is 0 Å². The molecule has 6 heteroatoms. The molecule has 0 fully saturated rings. The Hall–Kier alpha value is -1.98. The summed E-state index contributed by atoms with van der Waals surface area (Å²) in [5.74, 6) is 0.413. The lowest BCUT2D eigenvalue weighted by Crippen LogP contribution is -2.33. The molecule has 2 nitrogen and oxygen atoms in total. The summed E-state index contributed by atoms with van der Waals surface area (Å²) in [6.45, 7) is -4.64. The zero-order chi connectivity index (χ0) is 13.0. The fourth-order valence-corrected chi connectivity index (χ4v) is 1.43. The topological polar surface area (TPSA) is 22.1 Å². The molecule has 1 aromatic heterocycles. The van der Waals surface area contributed by atoms with Gasteiger partial charge in [0.25, 0.3) is 0 Å². The maximum atomic E-state index is 12.4. The molecule has 0 radical (unpaired) electrons. The van der Waals surface area contributed by atoms with Gasteiger partial charge < -0.3 is 17.7 Å². The summed E-state index contributed by atoms with van der Waals surface area (Å²) in [6.07, 6.45) is 3.27. The molecule has 0 spiro atoms. The molecule has 94 valence electrons. The Morgan fingerprint density at radius 1 is 0.944 bits per heavy atom. The predicted molar refractivity (Wildman–Crippen MR) is 63.7 cm³/mol. The molecule has 2 aromatic rings. The molecule has 0 saturated heterocycles. The third-order valence-electron chi connectivity index (χ3n) is 2.41. The zero-order valence-electron chi connectivity index (χ0n) is 9.39. The first-order valence-corrected chi connectivity index (χ1v) is 5.37. The minimum atomic E-state index is -4.94. The lowest BCUT2D eigenvalue weighted by atomic mass is 9.80. The number of halogens is 3. The Labute approximate surface area is 102 Å². The number of rotatable bonds is 4. The first kappa shape index (κ1) is 12.5. The fourth-order valence-electron chi connectivity index (χ4n) is 1.43. The number of benzene rings is 1. The van der Waals surface area contributed by atoms with Gasteiger partial charge in [0.1, 0.15) is 12.4 Å². The van der Waals surface area contributed by atoms with Gasteiger partial charge in [0.05, 0.1) is 0 Å². The highest BCUT2D eigenvalue weighted by molar-refractivity contribution is 6.73. The van der Waals surface area contributed by atoms with Crippen molar-refractivity contribution in [1.29, 1.82) is 0 Å². The summed E-state index contributed by atoms with van der Waals surface area (Å²) in [7, 11) is 0. The Kier molecular flexibility index (Phi) is 3.55. The van der Waals surface area contributed by atoms with Gasteiger partial charge in [-0.1, -0.05) is 12.1 Å². The van der Waals surface area contributed by atoms with Gasteiger partial charge in [0.15, 0.2) is 0 Å². The van der Waals surface area contributed by atoms with Crippen LogP contribution < -0.4 is 10.2 Å². The quantitative estimate of drug-likeness (QED) is 0.780. The highest BCUT2D eigenvalue weighted by atomic mass is 19.4. The van der Waals surface area contributed by atoms with E-state index in [1.165, 1.54) is 12.1 Å². The number of hydrogen-bond acceptors (Lipinski definition) is 2. The van der Waals surface area contributed by atoms with E-state index in [4.69, 9.17) is 4.74 Å². The summed E-state index contributed by atoms with van der Waals surface area (Å²) in [4.78, 5) is 3.86. The third-order valence-corrected chi connectivity index (χ3v) is 2.41. The minimum absolute atomic E-state index is 0.305. The lowest BCUT2D eigenvalue weighted by Gasteiger charge is -2.15. The second-order valence-corrected chi connectivity index (χ2v) is 3.79. The smallest absolute Gasteiger partial charge is 0.489 e. The van der Waals surface area contributed by atoms with Crippen LogP contribution in [0.2, 0.25) is 0 Å². The minimum Gasteiger partial charge on any atom is -0.489 e. The SMILES string of the molecule is F[B-](F)(F)c1ccc(OCc2ccncc2)cc1. The van der Waals surface area contributed by atoms with Crippen LogP contribution in [-0.2, 0) is 6.61 Å². The fraction of sp³-hybridized carbons (Fsp3) is 0.0833. The van der Waals surface area contributed by atoms with E-state index in [0.29, 0.717) is 12.4 Å². The van der Waals surface area contributed by atoms with Crippen molar-refractivity contribution in [3.63, 3.8) is 0 Å². The molecule has 1 aromatic carbocycles. The Morgan fingerprint density at radius 3 is 2.11 bits per heavy atom. The monoisotopic (exact) mass is 252 g/mol. The molecular weight excluding hydrogens is 242 g/mol. The second kappa shape index (κ2) is 5.12. The first-order valence-electron chi connectivity index (χ1n) is 5.37. The molecule has 0 unspecified atom stereocenters. The van der Waals surface area contributed by atoms with Crippen molar-refractivity contribution in [3.05, 3.63) is 54.4 Å². The van der Waals surface area contributed by atoms with Crippen LogP contribution in [0.25, 0.3) is 0 Å². The molecule has 0 atom stereocenters. The van der Waals surface area contributed by atoms with Crippen molar-refractivity contribution in [3.8, 4) is 5.75 Å². The average Bonchev–Trinajstić information content (AvgIpc) is 2.37. The van der Waals surface area contributed by atoms with Crippen LogP contribution in [0.15, 0.2) is 48.8 Å². The molecule has 0 aliphatic heterocycles. The molecule has 2 rings (SSSR count). The van der Waals surface area contributed by atoms with Crippen LogP contribution in [0, 0.1) is 0 Å². The van der Waals surface area contributed by atoms with Crippen molar-refractivity contribution in [2.24, 2.45) is 0 Å². The molecule has 18 heavy (non-hydrogen) atoms. The van der Waals surface area contributed by atoms with Crippen molar-refractivity contribution in [2.45, 2.75) is 6.61 Å². The molecule has 0 amide bonds. The number of hydrogen-bond donors (Lipinski definition) is 0. The number of ether oxygens (including phenoxy) is 1. The van der Waals surface area contributed by atoms with E-state index in [9.17, 15) is 12.9 Å². The Morgan fingerprint density at radius 2 is 1.56 bits per heavy atom. The molecule has 0 aliphatic rings. The van der Waals surface area contributed by atoms with E-state index in [1.807, 2.05) is 0 Å². The second-order valence-electron chi connectivity index (χ2n) is 3.79. The normalized spacial score (nSPS) is 11.3. The molecule has 0 bridgehead atoms. The summed E-state index contributed by atoms with van der Waals surface area (Å²) in [6, 6.07) is 8.28. The van der Waals surface area contributed by atoms with Crippen molar-refractivity contribution >= 4 is 12.4 Å². The maximum Gasteiger partial charge on any atom is 0.509 e. The molecule has 1 heterocycles. The van der Waals surface area contributed by atoms with Gasteiger partial charge in [0, 0.05) is 12.4 Å². The van der Waals surface area contributed by atoms with Gasteiger partial charge in [-0.3, -0.25) is 4.98 Å². The summed E-state index contributed by atoms with van der Waals surface area (Å²) < 4.78 is 42.5. The number of nitrogens with zero attached hydrogens (tertiary/aromatic N) is 1. The van der Waals surface area contributed by atoms with Crippen molar-refractivity contribution < 1.29 is 17.7 Å². The van der Waals surface area contributed by atoms with Crippen LogP contribution in [-0.4, -0.2) is 12.0 Å². The largest absolute Gasteiger partial charge is 0.509 e. The van der Waals surface area contributed by atoms with E-state index in [2.05, 4.69) is 4.98 Å². The van der Waals surface area contributed by atoms with Crippen molar-refractivity contribution in [2.75, 3.05) is 0 Å². The van der Waals surface area contributed by atoms with Gasteiger partial charge in [-0.15, -0.1) is 5.46 Å². The molecule has 0 aliphatic carbocycles. The summed E-state index contributed by atoms with van der Waals surface area (Å²) in [5.41, 5.74) is 0.292. The highest BCUT2D eigenvalue weighted by Crippen LogP contribution is 2.14. The van der Waals surface area contributed by atoms with Crippen LogP contribution in [0.1, 0.15) is 5.56 Å². The molecular formula is C12H10BF3NO-.